The van der Waals surface area contributed by atoms with Gasteiger partial charge in [0.25, 0.3) is 0 Å². The number of unbranched alkanes of at least 4 members (excludes halogenated alkanes) is 30. The number of rotatable bonds is 50. The Morgan fingerprint density at radius 2 is 0.800 bits per heavy atom. The van der Waals surface area contributed by atoms with Crippen LogP contribution < -0.4 is 0 Å². The van der Waals surface area contributed by atoms with E-state index in [1.165, 1.54) is 167 Å². The van der Waals surface area contributed by atoms with E-state index in [0.717, 1.165) is 72.6 Å². The summed E-state index contributed by atoms with van der Waals surface area (Å²) >= 11 is 0. The minimum Gasteiger partial charge on any atom is -0.463 e. The Morgan fingerprint density at radius 3 is 1.15 bits per heavy atom. The van der Waals surface area contributed by atoms with Crippen LogP contribution in [0.3, 0.4) is 0 Å². The van der Waals surface area contributed by atoms with Gasteiger partial charge in [0.15, 0.2) is 24.4 Å². The molecule has 7 atom stereocenters. The second kappa shape index (κ2) is 51.5. The van der Waals surface area contributed by atoms with E-state index in [9.17, 15) is 38.2 Å². The van der Waals surface area contributed by atoms with Gasteiger partial charge in [-0.25, -0.2) is 4.57 Å². The number of phosphoric acid groups is 1. The molecule has 0 aromatic carbocycles. The van der Waals surface area contributed by atoms with Crippen molar-refractivity contribution in [2.45, 2.75) is 317 Å². The predicted octanol–water partition coefficient (Wildman–Crippen LogP) is 14.3. The first-order valence-electron chi connectivity index (χ1n) is 31.5. The van der Waals surface area contributed by atoms with Crippen LogP contribution in [0.15, 0.2) is 0 Å². The molecule has 18 nitrogen and oxygen atoms in total. The van der Waals surface area contributed by atoms with Gasteiger partial charge >= 0.3 is 43.6 Å². The molecule has 1 unspecified atom stereocenters. The summed E-state index contributed by atoms with van der Waals surface area (Å²) in [7, 11) is -5.27. The lowest BCUT2D eigenvalue weighted by Crippen LogP contribution is -2.62. The van der Waals surface area contributed by atoms with Gasteiger partial charge in [-0.1, -0.05) is 227 Å². The number of esters is 6. The molecule has 0 spiro atoms. The molecule has 1 aliphatic rings. The molecule has 1 fully saturated rings. The van der Waals surface area contributed by atoms with Gasteiger partial charge < -0.3 is 43.0 Å². The summed E-state index contributed by atoms with van der Waals surface area (Å²) in [6.45, 7) is 16.9. The number of hydrogen-bond acceptors (Lipinski definition) is 17. The van der Waals surface area contributed by atoms with Crippen molar-refractivity contribution in [2.75, 3.05) is 39.5 Å². The Morgan fingerprint density at radius 1 is 0.450 bits per heavy atom. The van der Waals surface area contributed by atoms with E-state index < -0.39 is 100 Å². The first-order chi connectivity index (χ1) is 38.4. The summed E-state index contributed by atoms with van der Waals surface area (Å²) in [5, 5.41) is 0. The van der Waals surface area contributed by atoms with Crippen LogP contribution >= 0.6 is 7.82 Å². The topological polar surface area (TPSA) is 226 Å². The third kappa shape index (κ3) is 44.4. The van der Waals surface area contributed by atoms with Crippen LogP contribution in [0.4, 0.5) is 0 Å². The zero-order valence-electron chi connectivity index (χ0n) is 51.6. The molecule has 1 N–H and O–H groups in total. The molecule has 0 aliphatic carbocycles. The second-order valence-electron chi connectivity index (χ2n) is 21.5. The molecule has 0 radical (unpaired) electrons. The Hall–Kier alpha value is -3.15. The number of carbonyl (C=O) groups is 6. The minimum atomic E-state index is -5.27. The van der Waals surface area contributed by atoms with E-state index in [1.807, 2.05) is 0 Å². The van der Waals surface area contributed by atoms with Gasteiger partial charge in [0.1, 0.15) is 19.3 Å². The number of phosphoric ester groups is 1. The van der Waals surface area contributed by atoms with E-state index in [4.69, 9.17) is 42.2 Å². The van der Waals surface area contributed by atoms with Crippen LogP contribution in [0.1, 0.15) is 281 Å². The Labute approximate surface area is 484 Å². The SMILES string of the molecule is CCCCCCCCCCCCCCCCCCCC(=O)O[C@H](COC(=O)CCCCCCCCCCCCCCCCC)COP(=O)(O)O[C@@H]1O[C@H](COC(C)=O)[C@@H](OC(C)=O)[C@H](OC(C)=O)[C@H]1OC(C)=O.CCN(CC)CC. The maximum absolute atomic E-state index is 13.6. The molecule has 0 amide bonds. The molecule has 0 bridgehead atoms. The highest BCUT2D eigenvalue weighted by Crippen LogP contribution is 2.47. The van der Waals surface area contributed by atoms with Gasteiger partial charge in [-0.05, 0) is 32.5 Å². The van der Waals surface area contributed by atoms with E-state index in [-0.39, 0.29) is 12.8 Å². The van der Waals surface area contributed by atoms with Crippen molar-refractivity contribution in [3.63, 3.8) is 0 Å². The van der Waals surface area contributed by atoms with Gasteiger partial charge in [-0.3, -0.25) is 37.8 Å². The third-order valence-corrected chi connectivity index (χ3v) is 15.1. The fourth-order valence-electron chi connectivity index (χ4n) is 9.54. The molecular weight excluding hydrogens is 1050 g/mol. The molecule has 1 saturated heterocycles. The lowest BCUT2D eigenvalue weighted by molar-refractivity contribution is -0.291. The van der Waals surface area contributed by atoms with Crippen molar-refractivity contribution in [1.29, 1.82) is 0 Å². The van der Waals surface area contributed by atoms with E-state index >= 15 is 0 Å². The van der Waals surface area contributed by atoms with E-state index in [1.54, 1.807) is 0 Å². The van der Waals surface area contributed by atoms with Gasteiger partial charge in [0.2, 0.25) is 6.29 Å². The number of ether oxygens (including phenoxy) is 7. The average molecular weight is 1160 g/mol. The van der Waals surface area contributed by atoms with Gasteiger partial charge in [0, 0.05) is 40.5 Å². The molecule has 80 heavy (non-hydrogen) atoms. The molecule has 19 heteroatoms. The molecule has 0 aromatic rings. The molecule has 0 saturated carbocycles. The first-order valence-corrected chi connectivity index (χ1v) is 33.0. The Kier molecular flexibility index (Phi) is 49.5. The van der Waals surface area contributed by atoms with Crippen molar-refractivity contribution < 1.29 is 80.4 Å². The van der Waals surface area contributed by atoms with Crippen LogP contribution in [-0.4, -0.2) is 122 Å². The Bertz CT molecular complexity index is 1630. The average Bonchev–Trinajstić information content (AvgIpc) is 3.41. The predicted molar refractivity (Wildman–Crippen MR) is 311 cm³/mol. The number of hydrogen-bond donors (Lipinski definition) is 1. The minimum absolute atomic E-state index is 0.0696. The van der Waals surface area contributed by atoms with Crippen molar-refractivity contribution in [3.8, 4) is 0 Å². The second-order valence-corrected chi connectivity index (χ2v) is 22.9. The summed E-state index contributed by atoms with van der Waals surface area (Å²) in [4.78, 5) is 87.6. The summed E-state index contributed by atoms with van der Waals surface area (Å²) in [5.41, 5.74) is 0. The van der Waals surface area contributed by atoms with Crippen molar-refractivity contribution >= 4 is 43.6 Å². The molecule has 470 valence electrons. The van der Waals surface area contributed by atoms with Crippen LogP contribution in [0.2, 0.25) is 0 Å². The lowest BCUT2D eigenvalue weighted by Gasteiger charge is -2.44. The summed E-state index contributed by atoms with van der Waals surface area (Å²) in [5.74, 6) is -4.62. The highest BCUT2D eigenvalue weighted by Gasteiger charge is 2.54. The van der Waals surface area contributed by atoms with Crippen molar-refractivity contribution in [1.82, 2.24) is 4.90 Å². The zero-order valence-corrected chi connectivity index (χ0v) is 52.5. The van der Waals surface area contributed by atoms with E-state index in [2.05, 4.69) is 39.5 Å². The summed E-state index contributed by atoms with van der Waals surface area (Å²) < 4.78 is 62.1. The zero-order chi connectivity index (χ0) is 59.7. The van der Waals surface area contributed by atoms with Crippen LogP contribution in [-0.2, 0) is 75.5 Å². The first kappa shape index (κ1) is 76.9. The largest absolute Gasteiger partial charge is 0.474 e. The fourth-order valence-corrected chi connectivity index (χ4v) is 10.4. The smallest absolute Gasteiger partial charge is 0.463 e. The standard InChI is InChI=1S/C55H99O17P.C6H15N/c1-7-9-11-13-15-17-19-21-23-24-26-28-30-32-34-36-38-40-51(61)70-48(41-65-50(60)39-37-35-33-31-29-27-25-22-20-18-16-14-12-10-8-2)42-66-73(62,63)72-55-54(69-47(6)59)53(68-46(5)58)52(67-45(4)57)49(71-55)43-64-44(3)56;1-4-7(5-2)6-3/h48-49,52-55H,7-43H2,1-6H3,(H,62,63);4-6H2,1-3H3/t48-,49-,52-,53+,54-,55+;/m1./s1. The van der Waals surface area contributed by atoms with Crippen LogP contribution in [0.5, 0.6) is 0 Å². The van der Waals surface area contributed by atoms with E-state index in [0.29, 0.717) is 12.8 Å². The monoisotopic (exact) mass is 1160 g/mol. The van der Waals surface area contributed by atoms with Gasteiger partial charge in [0.05, 0.1) is 6.61 Å². The highest BCUT2D eigenvalue weighted by atomic mass is 31.2. The number of carbonyl (C=O) groups excluding carboxylic acids is 6. The normalized spacial score (nSPS) is 18.1. The summed E-state index contributed by atoms with van der Waals surface area (Å²) in [6.07, 6.45) is 28.5. The molecular formula is C61H114NO17P. The molecule has 1 heterocycles. The lowest BCUT2D eigenvalue weighted by atomic mass is 9.98. The summed E-state index contributed by atoms with van der Waals surface area (Å²) in [6, 6.07) is 0. The van der Waals surface area contributed by atoms with Crippen molar-refractivity contribution in [3.05, 3.63) is 0 Å². The maximum Gasteiger partial charge on any atom is 0.474 e. The maximum atomic E-state index is 13.6. The highest BCUT2D eigenvalue weighted by molar-refractivity contribution is 7.47. The van der Waals surface area contributed by atoms with Crippen LogP contribution in [0.25, 0.3) is 0 Å². The fraction of sp³-hybridized carbons (Fsp3) is 0.902. The van der Waals surface area contributed by atoms with Crippen molar-refractivity contribution in [2.24, 2.45) is 0 Å². The molecule has 0 aromatic heterocycles. The quantitative estimate of drug-likeness (QED) is 0.0258. The molecule has 1 rings (SSSR count). The Balaban J connectivity index is 0.00000830. The number of nitrogens with zero attached hydrogens (tertiary/aromatic N) is 1. The third-order valence-electron chi connectivity index (χ3n) is 14.1. The van der Waals surface area contributed by atoms with Gasteiger partial charge in [-0.2, -0.15) is 0 Å². The van der Waals surface area contributed by atoms with Crippen LogP contribution in [0, 0.1) is 0 Å². The molecule has 1 aliphatic heterocycles. The van der Waals surface area contributed by atoms with Gasteiger partial charge in [-0.15, -0.1) is 0 Å².